The quantitative estimate of drug-likeness (QED) is 0.754. The third kappa shape index (κ3) is 6.45. The third-order valence-electron chi connectivity index (χ3n) is 2.75. The topological polar surface area (TPSA) is 50.4 Å². The first-order chi connectivity index (χ1) is 8.67. The van der Waals surface area contributed by atoms with Crippen molar-refractivity contribution in [3.05, 3.63) is 29.3 Å². The molecule has 0 atom stereocenters. The number of benzene rings is 1. The van der Waals surface area contributed by atoms with Gasteiger partial charge in [-0.1, -0.05) is 12.1 Å². The van der Waals surface area contributed by atoms with Crippen LogP contribution >= 0.6 is 12.4 Å². The van der Waals surface area contributed by atoms with Crippen LogP contribution in [0.1, 0.15) is 24.0 Å². The zero-order valence-corrected chi connectivity index (χ0v) is 12.6. The molecule has 1 aromatic carbocycles. The van der Waals surface area contributed by atoms with Crippen LogP contribution in [0.15, 0.2) is 18.2 Å². The van der Waals surface area contributed by atoms with E-state index in [2.05, 4.69) is 10.6 Å². The van der Waals surface area contributed by atoms with Gasteiger partial charge in [0.15, 0.2) is 0 Å². The zero-order valence-electron chi connectivity index (χ0n) is 11.8. The van der Waals surface area contributed by atoms with Gasteiger partial charge in [0.1, 0.15) is 5.75 Å². The van der Waals surface area contributed by atoms with Gasteiger partial charge in [0.25, 0.3) is 0 Å². The van der Waals surface area contributed by atoms with E-state index >= 15 is 0 Å². The summed E-state index contributed by atoms with van der Waals surface area (Å²) in [6.45, 7) is 3.39. The average molecular weight is 287 g/mol. The van der Waals surface area contributed by atoms with Crippen LogP contribution < -0.4 is 15.4 Å². The molecule has 0 aromatic heterocycles. The number of ether oxygens (including phenoxy) is 1. The highest BCUT2D eigenvalue weighted by Crippen LogP contribution is 2.19. The van der Waals surface area contributed by atoms with Crippen molar-refractivity contribution in [1.82, 2.24) is 10.6 Å². The van der Waals surface area contributed by atoms with Gasteiger partial charge in [0.2, 0.25) is 5.91 Å². The van der Waals surface area contributed by atoms with Crippen molar-refractivity contribution in [2.45, 2.75) is 26.3 Å². The molecule has 0 unspecified atom stereocenters. The molecule has 0 bridgehead atoms. The summed E-state index contributed by atoms with van der Waals surface area (Å²) >= 11 is 0. The summed E-state index contributed by atoms with van der Waals surface area (Å²) in [7, 11) is 3.53. The number of nitrogens with one attached hydrogen (secondary N) is 2. The van der Waals surface area contributed by atoms with E-state index in [9.17, 15) is 4.79 Å². The van der Waals surface area contributed by atoms with Crippen molar-refractivity contribution < 1.29 is 9.53 Å². The lowest BCUT2D eigenvalue weighted by atomic mass is 10.1. The molecule has 0 aliphatic carbocycles. The van der Waals surface area contributed by atoms with Crippen LogP contribution in [0.4, 0.5) is 0 Å². The van der Waals surface area contributed by atoms with Crippen molar-refractivity contribution in [3.63, 3.8) is 0 Å². The van der Waals surface area contributed by atoms with Gasteiger partial charge in [0, 0.05) is 18.5 Å². The van der Waals surface area contributed by atoms with Gasteiger partial charge >= 0.3 is 0 Å². The minimum Gasteiger partial charge on any atom is -0.496 e. The molecule has 4 nitrogen and oxygen atoms in total. The maximum absolute atomic E-state index is 11.6. The lowest BCUT2D eigenvalue weighted by Gasteiger charge is -2.10. The Morgan fingerprint density at radius 3 is 2.74 bits per heavy atom. The molecule has 2 N–H and O–H groups in total. The largest absolute Gasteiger partial charge is 0.496 e. The molecule has 1 rings (SSSR count). The molecule has 108 valence electrons. The molecule has 0 aliphatic rings. The van der Waals surface area contributed by atoms with Crippen molar-refractivity contribution >= 4 is 18.3 Å². The second-order valence-corrected chi connectivity index (χ2v) is 4.30. The van der Waals surface area contributed by atoms with E-state index in [1.54, 1.807) is 7.11 Å². The summed E-state index contributed by atoms with van der Waals surface area (Å²) in [5.74, 6) is 0.901. The minimum absolute atomic E-state index is 0. The van der Waals surface area contributed by atoms with E-state index in [0.717, 1.165) is 29.8 Å². The third-order valence-corrected chi connectivity index (χ3v) is 2.75. The van der Waals surface area contributed by atoms with Gasteiger partial charge in [-0.15, -0.1) is 12.4 Å². The fourth-order valence-corrected chi connectivity index (χ4v) is 1.71. The second kappa shape index (κ2) is 9.64. The van der Waals surface area contributed by atoms with Crippen LogP contribution in [-0.2, 0) is 11.3 Å². The molecular formula is C14H23ClN2O2. The van der Waals surface area contributed by atoms with Crippen molar-refractivity contribution in [2.75, 3.05) is 20.7 Å². The number of carbonyl (C=O) groups is 1. The number of methoxy groups -OCH3 is 1. The van der Waals surface area contributed by atoms with Crippen molar-refractivity contribution in [1.29, 1.82) is 0 Å². The molecule has 0 saturated heterocycles. The molecule has 19 heavy (non-hydrogen) atoms. The number of hydrogen-bond acceptors (Lipinski definition) is 3. The number of rotatable bonds is 7. The van der Waals surface area contributed by atoms with Gasteiger partial charge in [0.05, 0.1) is 7.11 Å². The van der Waals surface area contributed by atoms with Crippen LogP contribution in [-0.4, -0.2) is 26.6 Å². The molecule has 1 amide bonds. The maximum Gasteiger partial charge on any atom is 0.220 e. The zero-order chi connectivity index (χ0) is 13.4. The Balaban J connectivity index is 0.00000324. The highest BCUT2D eigenvalue weighted by molar-refractivity contribution is 5.85. The van der Waals surface area contributed by atoms with Crippen molar-refractivity contribution in [2.24, 2.45) is 0 Å². The second-order valence-electron chi connectivity index (χ2n) is 4.30. The number of carbonyl (C=O) groups excluding carboxylic acids is 1. The number of hydrogen-bond donors (Lipinski definition) is 2. The van der Waals surface area contributed by atoms with Crippen LogP contribution in [0, 0.1) is 6.92 Å². The summed E-state index contributed by atoms with van der Waals surface area (Å²) in [6.07, 6.45) is 1.41. The first kappa shape index (κ1) is 17.7. The van der Waals surface area contributed by atoms with E-state index in [4.69, 9.17) is 4.74 Å². The Hall–Kier alpha value is -1.26. The Morgan fingerprint density at radius 2 is 2.11 bits per heavy atom. The van der Waals surface area contributed by atoms with Gasteiger partial charge in [-0.05, 0) is 38.6 Å². The predicted octanol–water partition coefficient (Wildman–Crippen LogP) is 2.04. The molecule has 0 heterocycles. The molecule has 0 spiro atoms. The highest BCUT2D eigenvalue weighted by Gasteiger charge is 2.05. The SMILES string of the molecule is CNCCCC(=O)NCc1ccc(C)cc1OC.Cl. The monoisotopic (exact) mass is 286 g/mol. The molecule has 0 saturated carbocycles. The normalized spacial score (nSPS) is 9.63. The van der Waals surface area contributed by atoms with E-state index in [-0.39, 0.29) is 18.3 Å². The fraction of sp³-hybridized carbons (Fsp3) is 0.500. The molecule has 0 radical (unpaired) electrons. The Morgan fingerprint density at radius 1 is 1.37 bits per heavy atom. The summed E-state index contributed by atoms with van der Waals surface area (Å²) in [5, 5.41) is 5.93. The highest BCUT2D eigenvalue weighted by atomic mass is 35.5. The first-order valence-corrected chi connectivity index (χ1v) is 6.22. The van der Waals surface area contributed by atoms with Gasteiger partial charge in [-0.2, -0.15) is 0 Å². The number of halogens is 1. The first-order valence-electron chi connectivity index (χ1n) is 6.22. The Kier molecular flexibility index (Phi) is 9.00. The average Bonchev–Trinajstić information content (AvgIpc) is 2.37. The molecule has 1 aromatic rings. The maximum atomic E-state index is 11.6. The summed E-state index contributed by atoms with van der Waals surface area (Å²) in [6, 6.07) is 5.98. The smallest absolute Gasteiger partial charge is 0.220 e. The van der Waals surface area contributed by atoms with E-state index in [1.807, 2.05) is 32.2 Å². The Labute approximate surface area is 121 Å². The van der Waals surface area contributed by atoms with E-state index in [0.29, 0.717) is 13.0 Å². The molecule has 5 heteroatoms. The minimum atomic E-state index is 0. The van der Waals surface area contributed by atoms with Crippen LogP contribution in [0.5, 0.6) is 5.75 Å². The predicted molar refractivity (Wildman–Crippen MR) is 80.0 cm³/mol. The fourth-order valence-electron chi connectivity index (χ4n) is 1.71. The number of aryl methyl sites for hydroxylation is 1. The number of amides is 1. The van der Waals surface area contributed by atoms with Gasteiger partial charge in [-0.25, -0.2) is 0 Å². The Bertz CT molecular complexity index is 397. The van der Waals surface area contributed by atoms with Crippen LogP contribution in [0.2, 0.25) is 0 Å². The van der Waals surface area contributed by atoms with Gasteiger partial charge < -0.3 is 15.4 Å². The van der Waals surface area contributed by atoms with Crippen LogP contribution in [0.3, 0.4) is 0 Å². The summed E-state index contributed by atoms with van der Waals surface area (Å²) in [5.41, 5.74) is 2.15. The van der Waals surface area contributed by atoms with E-state index in [1.165, 1.54) is 0 Å². The molecular weight excluding hydrogens is 264 g/mol. The van der Waals surface area contributed by atoms with Crippen LogP contribution in [0.25, 0.3) is 0 Å². The van der Waals surface area contributed by atoms with Gasteiger partial charge in [-0.3, -0.25) is 4.79 Å². The summed E-state index contributed by atoms with van der Waals surface area (Å²) in [4.78, 5) is 11.6. The van der Waals surface area contributed by atoms with E-state index < -0.39 is 0 Å². The van der Waals surface area contributed by atoms with Crippen molar-refractivity contribution in [3.8, 4) is 5.75 Å². The summed E-state index contributed by atoms with van der Waals surface area (Å²) < 4.78 is 5.30. The standard InChI is InChI=1S/C14H22N2O2.ClH/c1-11-6-7-12(13(9-11)18-3)10-16-14(17)5-4-8-15-2;/h6-7,9,15H,4-5,8,10H2,1-3H3,(H,16,17);1H. The molecule has 0 fully saturated rings. The molecule has 0 aliphatic heterocycles. The lowest BCUT2D eigenvalue weighted by Crippen LogP contribution is -2.23. The lowest BCUT2D eigenvalue weighted by molar-refractivity contribution is -0.121.